The lowest BCUT2D eigenvalue weighted by Gasteiger charge is -2.29. The summed E-state index contributed by atoms with van der Waals surface area (Å²) in [6.45, 7) is 4.55. The summed E-state index contributed by atoms with van der Waals surface area (Å²) in [5.41, 5.74) is 3.87. The summed E-state index contributed by atoms with van der Waals surface area (Å²) in [5, 5.41) is 11.4. The van der Waals surface area contributed by atoms with E-state index in [-0.39, 0.29) is 5.56 Å². The van der Waals surface area contributed by atoms with Gasteiger partial charge in [0.1, 0.15) is 11.3 Å². The van der Waals surface area contributed by atoms with E-state index in [4.69, 9.17) is 16.3 Å². The van der Waals surface area contributed by atoms with E-state index in [1.165, 1.54) is 0 Å². The van der Waals surface area contributed by atoms with Crippen LogP contribution in [0.3, 0.4) is 0 Å². The molecule has 1 aliphatic rings. The lowest BCUT2D eigenvalue weighted by atomic mass is 10.1. The Bertz CT molecular complexity index is 1290. The van der Waals surface area contributed by atoms with Crippen LogP contribution in [0, 0.1) is 6.92 Å². The van der Waals surface area contributed by atoms with Gasteiger partial charge in [0.05, 0.1) is 41.7 Å². The van der Waals surface area contributed by atoms with E-state index in [0.717, 1.165) is 40.9 Å². The van der Waals surface area contributed by atoms with E-state index in [1.54, 1.807) is 12.3 Å². The van der Waals surface area contributed by atoms with Gasteiger partial charge in [-0.15, -0.1) is 0 Å². The highest BCUT2D eigenvalue weighted by Gasteiger charge is 2.21. The second kappa shape index (κ2) is 7.27. The predicted octanol–water partition coefficient (Wildman–Crippen LogP) is 4.07. The van der Waals surface area contributed by atoms with Gasteiger partial charge in [-0.1, -0.05) is 17.7 Å². The first kappa shape index (κ1) is 18.8. The van der Waals surface area contributed by atoms with Crippen molar-refractivity contribution >= 4 is 45.2 Å². The van der Waals surface area contributed by atoms with Crippen molar-refractivity contribution < 1.29 is 14.6 Å². The standard InChI is InChI=1S/C22H19ClN4O3/c1-13-25-21-18(22(28)29)10-16(26-4-6-30-7-5-26)11-20(21)27(13)17-8-14-2-3-15(23)9-19(14)24-12-17/h2-3,8-12H,4-7H2,1H3,(H,28,29). The molecule has 0 amide bonds. The molecule has 30 heavy (non-hydrogen) atoms. The van der Waals surface area contributed by atoms with Crippen LogP contribution in [0.25, 0.3) is 27.6 Å². The number of rotatable bonds is 3. The summed E-state index contributed by atoms with van der Waals surface area (Å²) < 4.78 is 7.39. The Morgan fingerprint density at radius 2 is 1.93 bits per heavy atom. The maximum atomic E-state index is 12.0. The minimum absolute atomic E-state index is 0.191. The fourth-order valence-corrected chi connectivity index (χ4v) is 4.14. The van der Waals surface area contributed by atoms with Gasteiger partial charge in [-0.05, 0) is 37.3 Å². The van der Waals surface area contributed by atoms with Gasteiger partial charge in [0.2, 0.25) is 0 Å². The zero-order valence-corrected chi connectivity index (χ0v) is 17.1. The van der Waals surface area contributed by atoms with Gasteiger partial charge in [0.15, 0.2) is 0 Å². The Hall–Kier alpha value is -3.16. The molecular formula is C22H19ClN4O3. The van der Waals surface area contributed by atoms with Crippen molar-refractivity contribution in [2.45, 2.75) is 6.92 Å². The second-order valence-corrected chi connectivity index (χ2v) is 7.73. The monoisotopic (exact) mass is 422 g/mol. The number of carboxylic acid groups (broad SMARTS) is 1. The number of aryl methyl sites for hydroxylation is 1. The third-order valence-corrected chi connectivity index (χ3v) is 5.64. The number of anilines is 1. The van der Waals surface area contributed by atoms with Crippen molar-refractivity contribution in [3.63, 3.8) is 0 Å². The molecule has 0 spiro atoms. The Balaban J connectivity index is 1.73. The van der Waals surface area contributed by atoms with E-state index < -0.39 is 5.97 Å². The van der Waals surface area contributed by atoms with E-state index in [1.807, 2.05) is 41.8 Å². The van der Waals surface area contributed by atoms with Crippen LogP contribution in [-0.2, 0) is 4.74 Å². The zero-order chi connectivity index (χ0) is 20.8. The van der Waals surface area contributed by atoms with Gasteiger partial charge in [0.25, 0.3) is 0 Å². The first-order valence-corrected chi connectivity index (χ1v) is 10.0. The van der Waals surface area contributed by atoms with Gasteiger partial charge < -0.3 is 14.7 Å². The van der Waals surface area contributed by atoms with Crippen LogP contribution in [0.4, 0.5) is 5.69 Å². The molecule has 5 rings (SSSR count). The molecule has 1 saturated heterocycles. The number of nitrogens with zero attached hydrogens (tertiary/aromatic N) is 4. The lowest BCUT2D eigenvalue weighted by Crippen LogP contribution is -2.36. The van der Waals surface area contributed by atoms with Crippen molar-refractivity contribution in [3.8, 4) is 5.69 Å². The molecule has 1 N–H and O–H groups in total. The van der Waals surface area contributed by atoms with Crippen molar-refractivity contribution in [2.24, 2.45) is 0 Å². The van der Waals surface area contributed by atoms with Crippen LogP contribution in [0.1, 0.15) is 16.2 Å². The molecule has 0 atom stereocenters. The summed E-state index contributed by atoms with van der Waals surface area (Å²) in [7, 11) is 0. The topological polar surface area (TPSA) is 80.5 Å². The Kier molecular flexibility index (Phi) is 4.56. The average molecular weight is 423 g/mol. The SMILES string of the molecule is Cc1nc2c(C(=O)O)cc(N3CCOCC3)cc2n1-c1cnc2cc(Cl)ccc2c1. The van der Waals surface area contributed by atoms with Crippen molar-refractivity contribution in [1.29, 1.82) is 0 Å². The van der Waals surface area contributed by atoms with Crippen LogP contribution in [0.5, 0.6) is 0 Å². The summed E-state index contributed by atoms with van der Waals surface area (Å²) >= 11 is 6.08. The normalized spacial score (nSPS) is 14.5. The van der Waals surface area contributed by atoms with Crippen LogP contribution >= 0.6 is 11.6 Å². The van der Waals surface area contributed by atoms with Gasteiger partial charge in [-0.3, -0.25) is 9.55 Å². The Morgan fingerprint density at radius 1 is 1.13 bits per heavy atom. The second-order valence-electron chi connectivity index (χ2n) is 7.29. The zero-order valence-electron chi connectivity index (χ0n) is 16.3. The number of pyridine rings is 1. The van der Waals surface area contributed by atoms with E-state index in [0.29, 0.717) is 29.6 Å². The quantitative estimate of drug-likeness (QED) is 0.536. The maximum Gasteiger partial charge on any atom is 0.338 e. The lowest BCUT2D eigenvalue weighted by molar-refractivity contribution is 0.0699. The molecule has 0 bridgehead atoms. The molecule has 152 valence electrons. The molecule has 1 aliphatic heterocycles. The number of fused-ring (bicyclic) bond motifs is 2. The maximum absolute atomic E-state index is 12.0. The molecule has 8 heteroatoms. The van der Waals surface area contributed by atoms with E-state index >= 15 is 0 Å². The molecule has 7 nitrogen and oxygen atoms in total. The van der Waals surface area contributed by atoms with Crippen LogP contribution < -0.4 is 4.90 Å². The fourth-order valence-electron chi connectivity index (χ4n) is 3.98. The molecule has 2 aromatic heterocycles. The van der Waals surface area contributed by atoms with Crippen LogP contribution in [0.2, 0.25) is 5.02 Å². The van der Waals surface area contributed by atoms with Crippen molar-refractivity contribution in [1.82, 2.24) is 14.5 Å². The molecule has 1 fully saturated rings. The number of morpholine rings is 1. The highest BCUT2D eigenvalue weighted by Crippen LogP contribution is 2.31. The average Bonchev–Trinajstić information content (AvgIpc) is 3.08. The first-order chi connectivity index (χ1) is 14.5. The highest BCUT2D eigenvalue weighted by atomic mass is 35.5. The molecule has 2 aromatic carbocycles. The first-order valence-electron chi connectivity index (χ1n) is 9.66. The number of imidazole rings is 1. The molecule has 4 aromatic rings. The van der Waals surface area contributed by atoms with E-state index in [2.05, 4.69) is 14.9 Å². The minimum Gasteiger partial charge on any atom is -0.478 e. The Labute approximate surface area is 177 Å². The summed E-state index contributed by atoms with van der Waals surface area (Å²) in [4.78, 5) is 23.3. The minimum atomic E-state index is -0.994. The highest BCUT2D eigenvalue weighted by molar-refractivity contribution is 6.31. The van der Waals surface area contributed by atoms with E-state index in [9.17, 15) is 9.90 Å². The molecule has 0 radical (unpaired) electrons. The third kappa shape index (κ3) is 3.16. The van der Waals surface area contributed by atoms with Gasteiger partial charge in [0, 0.05) is 29.2 Å². The summed E-state index contributed by atoms with van der Waals surface area (Å²) in [6.07, 6.45) is 1.76. The number of carbonyl (C=O) groups is 1. The molecule has 0 unspecified atom stereocenters. The van der Waals surface area contributed by atoms with Gasteiger partial charge in [-0.2, -0.15) is 0 Å². The number of aromatic nitrogens is 3. The van der Waals surface area contributed by atoms with Crippen molar-refractivity contribution in [2.75, 3.05) is 31.2 Å². The van der Waals surface area contributed by atoms with Crippen LogP contribution in [-0.4, -0.2) is 51.9 Å². The molecule has 3 heterocycles. The number of ether oxygens (including phenoxy) is 1. The smallest absolute Gasteiger partial charge is 0.338 e. The molecule has 0 saturated carbocycles. The number of hydrogen-bond acceptors (Lipinski definition) is 5. The summed E-state index contributed by atoms with van der Waals surface area (Å²) in [6, 6.07) is 11.3. The largest absolute Gasteiger partial charge is 0.478 e. The number of carboxylic acids is 1. The van der Waals surface area contributed by atoms with Gasteiger partial charge >= 0.3 is 5.97 Å². The number of benzene rings is 2. The Morgan fingerprint density at radius 3 is 2.70 bits per heavy atom. The predicted molar refractivity (Wildman–Crippen MR) is 116 cm³/mol. The fraction of sp³-hybridized carbons (Fsp3) is 0.227. The number of aromatic carboxylic acids is 1. The van der Waals surface area contributed by atoms with Crippen molar-refractivity contribution in [3.05, 3.63) is 59.0 Å². The third-order valence-electron chi connectivity index (χ3n) is 5.41. The summed E-state index contributed by atoms with van der Waals surface area (Å²) in [5.74, 6) is -0.298. The number of hydrogen-bond donors (Lipinski definition) is 1. The molecule has 0 aliphatic carbocycles. The number of halogens is 1. The van der Waals surface area contributed by atoms with Gasteiger partial charge in [-0.25, -0.2) is 9.78 Å². The molecular weight excluding hydrogens is 404 g/mol. The van der Waals surface area contributed by atoms with Crippen LogP contribution in [0.15, 0.2) is 42.6 Å².